The van der Waals surface area contributed by atoms with Gasteiger partial charge in [-0.2, -0.15) is 0 Å². The van der Waals surface area contributed by atoms with Crippen molar-refractivity contribution in [3.8, 4) is 0 Å². The van der Waals surface area contributed by atoms with Gasteiger partial charge < -0.3 is 40.1 Å². The van der Waals surface area contributed by atoms with Crippen LogP contribution in [-0.4, -0.2) is 90.4 Å². The summed E-state index contributed by atoms with van der Waals surface area (Å²) in [4.78, 5) is 48.2. The van der Waals surface area contributed by atoms with Crippen molar-refractivity contribution < 1.29 is 42.9 Å². The number of thioether (sulfide) groups is 1. The van der Waals surface area contributed by atoms with Crippen LogP contribution in [0.5, 0.6) is 0 Å². The predicted molar refractivity (Wildman–Crippen MR) is 121 cm³/mol. The monoisotopic (exact) mass is 505 g/mol. The SMILES string of the molecule is CO[C@H]1O[C@@H]2COC(C)(C)O[C@H]2[C@H](O[C@H](C)C(=O)S[C@@H](C)C(=O)N[C@H](C)C(N)=O)[C@H]1NC(C)=O. The molecule has 4 N–H and O–H groups in total. The molecule has 2 fully saturated rings. The number of ether oxygens (including phenoxy) is 5. The Morgan fingerprint density at radius 3 is 2.38 bits per heavy atom. The lowest BCUT2D eigenvalue weighted by Gasteiger charge is -2.51. The van der Waals surface area contributed by atoms with Crippen LogP contribution in [0.2, 0.25) is 0 Å². The first kappa shape index (κ1) is 28.5. The zero-order valence-corrected chi connectivity index (χ0v) is 21.3. The summed E-state index contributed by atoms with van der Waals surface area (Å²) in [5.41, 5.74) is 5.16. The molecule has 2 aliphatic heterocycles. The molecule has 0 aromatic carbocycles. The van der Waals surface area contributed by atoms with Crippen molar-refractivity contribution in [2.24, 2.45) is 5.73 Å². The molecule has 2 rings (SSSR count). The molecule has 0 aromatic heterocycles. The molecule has 13 heteroatoms. The summed E-state index contributed by atoms with van der Waals surface area (Å²) in [5.74, 6) is -2.46. The molecule has 2 heterocycles. The zero-order valence-electron chi connectivity index (χ0n) is 20.5. The van der Waals surface area contributed by atoms with Gasteiger partial charge >= 0.3 is 0 Å². The zero-order chi connectivity index (χ0) is 25.8. The van der Waals surface area contributed by atoms with Gasteiger partial charge in [0.15, 0.2) is 12.1 Å². The molecule has 34 heavy (non-hydrogen) atoms. The van der Waals surface area contributed by atoms with Gasteiger partial charge in [0, 0.05) is 14.0 Å². The van der Waals surface area contributed by atoms with E-state index in [9.17, 15) is 19.2 Å². The highest BCUT2D eigenvalue weighted by Gasteiger charge is 2.53. The summed E-state index contributed by atoms with van der Waals surface area (Å²) in [5, 5.41) is 4.01. The minimum absolute atomic E-state index is 0.205. The van der Waals surface area contributed by atoms with Crippen molar-refractivity contribution in [2.45, 2.75) is 95.4 Å². The Balaban J connectivity index is 2.15. The van der Waals surface area contributed by atoms with Crippen molar-refractivity contribution >= 4 is 34.6 Å². The number of carbonyl (C=O) groups excluding carboxylic acids is 4. The lowest BCUT2D eigenvalue weighted by atomic mass is 9.94. The van der Waals surface area contributed by atoms with Gasteiger partial charge in [-0.15, -0.1) is 0 Å². The van der Waals surface area contributed by atoms with Gasteiger partial charge in [0.25, 0.3) is 0 Å². The molecular weight excluding hydrogens is 470 g/mol. The van der Waals surface area contributed by atoms with Gasteiger partial charge in [-0.1, -0.05) is 11.8 Å². The lowest BCUT2D eigenvalue weighted by molar-refractivity contribution is -0.371. The Labute approximate surface area is 203 Å². The number of amides is 3. The molecule has 2 aliphatic rings. The van der Waals surface area contributed by atoms with Crippen LogP contribution in [0.3, 0.4) is 0 Å². The van der Waals surface area contributed by atoms with Crippen LogP contribution in [0.25, 0.3) is 0 Å². The molecule has 3 amide bonds. The van der Waals surface area contributed by atoms with E-state index in [4.69, 9.17) is 29.4 Å². The van der Waals surface area contributed by atoms with Crippen LogP contribution in [0, 0.1) is 0 Å². The minimum Gasteiger partial charge on any atom is -0.368 e. The number of fused-ring (bicyclic) bond motifs is 1. The maximum absolute atomic E-state index is 12.9. The first-order chi connectivity index (χ1) is 15.8. The summed E-state index contributed by atoms with van der Waals surface area (Å²) in [6.07, 6.45) is -3.86. The van der Waals surface area contributed by atoms with Crippen LogP contribution in [0.1, 0.15) is 41.5 Å². The van der Waals surface area contributed by atoms with Crippen molar-refractivity contribution in [3.63, 3.8) is 0 Å². The smallest absolute Gasteiger partial charge is 0.239 e. The second-order valence-electron chi connectivity index (χ2n) is 8.75. The lowest BCUT2D eigenvalue weighted by Crippen LogP contribution is -2.69. The number of nitrogens with one attached hydrogen (secondary N) is 2. The van der Waals surface area contributed by atoms with Gasteiger partial charge in [-0.05, 0) is 34.6 Å². The molecule has 0 radical (unpaired) electrons. The van der Waals surface area contributed by atoms with Crippen LogP contribution in [0.15, 0.2) is 0 Å². The van der Waals surface area contributed by atoms with E-state index in [1.165, 1.54) is 27.9 Å². The molecule has 2 saturated heterocycles. The molecule has 0 aliphatic carbocycles. The summed E-state index contributed by atoms with van der Waals surface area (Å²) in [7, 11) is 1.43. The van der Waals surface area contributed by atoms with Gasteiger partial charge in [0.1, 0.15) is 36.5 Å². The third kappa shape index (κ3) is 7.36. The summed E-state index contributed by atoms with van der Waals surface area (Å²) in [6, 6.07) is -1.63. The normalized spacial score (nSPS) is 30.9. The number of nitrogens with two attached hydrogens (primary N) is 1. The topological polar surface area (TPSA) is 165 Å². The molecule has 0 unspecified atom stereocenters. The number of hydrogen-bond donors (Lipinski definition) is 3. The largest absolute Gasteiger partial charge is 0.368 e. The highest BCUT2D eigenvalue weighted by atomic mass is 32.2. The van der Waals surface area contributed by atoms with Gasteiger partial charge in [-0.25, -0.2) is 0 Å². The van der Waals surface area contributed by atoms with Crippen LogP contribution in [-0.2, 0) is 42.9 Å². The Morgan fingerprint density at radius 1 is 1.18 bits per heavy atom. The fraction of sp³-hybridized carbons (Fsp3) is 0.810. The van der Waals surface area contributed by atoms with Crippen LogP contribution in [0.4, 0.5) is 0 Å². The van der Waals surface area contributed by atoms with Crippen LogP contribution >= 0.6 is 11.8 Å². The maximum Gasteiger partial charge on any atom is 0.239 e. The maximum atomic E-state index is 12.9. The highest BCUT2D eigenvalue weighted by molar-refractivity contribution is 8.14. The van der Waals surface area contributed by atoms with Crippen molar-refractivity contribution in [1.29, 1.82) is 0 Å². The number of primary amides is 1. The predicted octanol–water partition coefficient (Wildman–Crippen LogP) is -0.574. The number of methoxy groups -OCH3 is 1. The summed E-state index contributed by atoms with van der Waals surface area (Å²) >= 11 is 0.765. The van der Waals surface area contributed by atoms with E-state index in [-0.39, 0.29) is 12.5 Å². The first-order valence-electron chi connectivity index (χ1n) is 11.0. The van der Waals surface area contributed by atoms with E-state index in [2.05, 4.69) is 10.6 Å². The van der Waals surface area contributed by atoms with E-state index < -0.39 is 70.8 Å². The van der Waals surface area contributed by atoms with E-state index >= 15 is 0 Å². The Hall–Kier alpha value is -1.77. The Kier molecular flexibility index (Phi) is 9.86. The number of hydrogen-bond acceptors (Lipinski definition) is 10. The molecular formula is C21H35N3O9S. The second-order valence-corrected chi connectivity index (χ2v) is 10.1. The van der Waals surface area contributed by atoms with Crippen LogP contribution < -0.4 is 16.4 Å². The van der Waals surface area contributed by atoms with E-state index in [0.29, 0.717) is 0 Å². The molecule has 0 saturated carbocycles. The van der Waals surface area contributed by atoms with Gasteiger partial charge in [0.05, 0.1) is 11.9 Å². The average molecular weight is 506 g/mol. The van der Waals surface area contributed by atoms with E-state index in [0.717, 1.165) is 11.8 Å². The fourth-order valence-corrected chi connectivity index (χ4v) is 4.36. The first-order valence-corrected chi connectivity index (χ1v) is 11.9. The molecule has 0 aromatic rings. The standard InChI is InChI=1S/C21H35N3O9S/c1-9(17(22)26)23-18(27)11(3)34-19(28)10(2)31-16-14(24-12(4)25)20(29-7)32-13-8-30-21(5,6)33-15(13)16/h9-11,13-16,20H,8H2,1-7H3,(H2,22,26)(H,23,27)(H,24,25)/t9-,10-,11+,13-,14-,15-,16-,20+/m1/s1. The fourth-order valence-electron chi connectivity index (χ4n) is 3.59. The van der Waals surface area contributed by atoms with Crippen molar-refractivity contribution in [1.82, 2.24) is 10.6 Å². The van der Waals surface area contributed by atoms with E-state index in [1.807, 2.05) is 0 Å². The molecule has 12 nitrogen and oxygen atoms in total. The van der Waals surface area contributed by atoms with Crippen molar-refractivity contribution in [2.75, 3.05) is 13.7 Å². The third-order valence-corrected chi connectivity index (χ3v) is 6.54. The Morgan fingerprint density at radius 2 is 1.82 bits per heavy atom. The third-order valence-electron chi connectivity index (χ3n) is 5.40. The average Bonchev–Trinajstić information content (AvgIpc) is 2.74. The number of carbonyl (C=O) groups is 4. The molecule has 8 atom stereocenters. The molecule has 0 bridgehead atoms. The molecule has 0 spiro atoms. The summed E-state index contributed by atoms with van der Waals surface area (Å²) in [6.45, 7) is 9.58. The van der Waals surface area contributed by atoms with E-state index in [1.54, 1.807) is 20.8 Å². The number of rotatable bonds is 9. The van der Waals surface area contributed by atoms with Crippen molar-refractivity contribution in [3.05, 3.63) is 0 Å². The summed E-state index contributed by atoms with van der Waals surface area (Å²) < 4.78 is 29.2. The molecule has 194 valence electrons. The van der Waals surface area contributed by atoms with Gasteiger partial charge in [0.2, 0.25) is 22.8 Å². The van der Waals surface area contributed by atoms with Gasteiger partial charge in [-0.3, -0.25) is 19.2 Å². The second kappa shape index (κ2) is 11.8. The quantitative estimate of drug-likeness (QED) is 0.369. The minimum atomic E-state index is -0.971. The highest BCUT2D eigenvalue weighted by Crippen LogP contribution is 2.35. The Bertz CT molecular complexity index is 781.